The Bertz CT molecular complexity index is 716. The summed E-state index contributed by atoms with van der Waals surface area (Å²) in [6.45, 7) is 2.75. The molecule has 3 heteroatoms. The number of carbonyl (C=O) groups is 1. The molecule has 22 heavy (non-hydrogen) atoms. The highest BCUT2D eigenvalue weighted by molar-refractivity contribution is 5.91. The summed E-state index contributed by atoms with van der Waals surface area (Å²) >= 11 is 0. The van der Waals surface area contributed by atoms with E-state index >= 15 is 0 Å². The van der Waals surface area contributed by atoms with Crippen molar-refractivity contribution in [1.82, 2.24) is 0 Å². The van der Waals surface area contributed by atoms with E-state index in [0.29, 0.717) is 25.2 Å². The van der Waals surface area contributed by atoms with E-state index in [0.717, 1.165) is 22.4 Å². The second-order valence-electron chi connectivity index (χ2n) is 5.18. The maximum Gasteiger partial charge on any atom is 0.338 e. The molecule has 0 aromatic heterocycles. The number of para-hydroxylation sites is 1. The molecule has 1 aliphatic heterocycles. The quantitative estimate of drug-likeness (QED) is 0.803. The van der Waals surface area contributed by atoms with Crippen LogP contribution in [0.1, 0.15) is 28.4 Å². The third-order valence-corrected chi connectivity index (χ3v) is 3.62. The zero-order valence-electron chi connectivity index (χ0n) is 12.5. The van der Waals surface area contributed by atoms with E-state index in [9.17, 15) is 4.79 Å². The Morgan fingerprint density at radius 2 is 1.91 bits per heavy atom. The molecule has 0 fully saturated rings. The molecule has 1 heterocycles. The van der Waals surface area contributed by atoms with Crippen molar-refractivity contribution >= 4 is 12.0 Å². The molecule has 0 unspecified atom stereocenters. The van der Waals surface area contributed by atoms with Crippen LogP contribution in [0.3, 0.4) is 0 Å². The van der Waals surface area contributed by atoms with Gasteiger partial charge in [0.15, 0.2) is 0 Å². The summed E-state index contributed by atoms with van der Waals surface area (Å²) in [5.74, 6) is 0.640. The van der Waals surface area contributed by atoms with Gasteiger partial charge in [-0.15, -0.1) is 0 Å². The third kappa shape index (κ3) is 3.03. The first-order chi connectivity index (χ1) is 10.8. The molecular formula is C19H18O3. The molecule has 112 valence electrons. The Labute approximate surface area is 130 Å². The smallest absolute Gasteiger partial charge is 0.338 e. The van der Waals surface area contributed by atoms with Gasteiger partial charge in [0.05, 0.1) is 12.2 Å². The zero-order valence-corrected chi connectivity index (χ0v) is 12.5. The molecule has 0 amide bonds. The minimum atomic E-state index is -0.268. The van der Waals surface area contributed by atoms with Crippen molar-refractivity contribution in [1.29, 1.82) is 0 Å². The van der Waals surface area contributed by atoms with Crippen LogP contribution in [-0.2, 0) is 11.2 Å². The minimum absolute atomic E-state index is 0.268. The highest BCUT2D eigenvalue weighted by Gasteiger charge is 2.16. The summed E-state index contributed by atoms with van der Waals surface area (Å²) in [4.78, 5) is 12.0. The van der Waals surface area contributed by atoms with Crippen molar-refractivity contribution < 1.29 is 14.3 Å². The first kappa shape index (κ1) is 14.4. The fourth-order valence-electron chi connectivity index (χ4n) is 2.59. The molecule has 3 rings (SSSR count). The number of hydrogen-bond acceptors (Lipinski definition) is 3. The monoisotopic (exact) mass is 294 g/mol. The molecule has 1 aliphatic rings. The summed E-state index contributed by atoms with van der Waals surface area (Å²) in [7, 11) is 0. The predicted octanol–water partition coefficient (Wildman–Crippen LogP) is 3.88. The Morgan fingerprint density at radius 1 is 1.14 bits per heavy atom. The number of fused-ring (bicyclic) bond motifs is 1. The fraction of sp³-hybridized carbons (Fsp3) is 0.211. The van der Waals surface area contributed by atoms with Gasteiger partial charge in [0.2, 0.25) is 0 Å². The molecule has 0 spiro atoms. The molecule has 2 aromatic rings. The van der Waals surface area contributed by atoms with Crippen LogP contribution in [0.25, 0.3) is 6.08 Å². The third-order valence-electron chi connectivity index (χ3n) is 3.62. The lowest BCUT2D eigenvalue weighted by atomic mass is 9.97. The number of rotatable bonds is 4. The SMILES string of the molecule is CCOC(=O)c1ccccc1CC1=Cc2ccccc2OC1. The molecule has 2 aromatic carbocycles. The molecule has 0 atom stereocenters. The minimum Gasteiger partial charge on any atom is -0.489 e. The highest BCUT2D eigenvalue weighted by Crippen LogP contribution is 2.27. The second-order valence-corrected chi connectivity index (χ2v) is 5.18. The number of ether oxygens (including phenoxy) is 2. The standard InChI is InChI=1S/C19H18O3/c1-2-21-19(20)17-9-5-3-7-15(17)11-14-12-16-8-4-6-10-18(16)22-13-14/h3-10,12H,2,11,13H2,1H3. The molecule has 3 nitrogen and oxygen atoms in total. The molecule has 0 radical (unpaired) electrons. The van der Waals surface area contributed by atoms with Gasteiger partial charge in [-0.3, -0.25) is 0 Å². The summed E-state index contributed by atoms with van der Waals surface area (Å²) in [5, 5.41) is 0. The number of hydrogen-bond donors (Lipinski definition) is 0. The van der Waals surface area contributed by atoms with E-state index < -0.39 is 0 Å². The van der Waals surface area contributed by atoms with Crippen LogP contribution < -0.4 is 4.74 Å². The number of esters is 1. The number of benzene rings is 2. The second kappa shape index (κ2) is 6.48. The molecule has 0 N–H and O–H groups in total. The lowest BCUT2D eigenvalue weighted by molar-refractivity contribution is 0.0525. The fourth-order valence-corrected chi connectivity index (χ4v) is 2.59. The van der Waals surface area contributed by atoms with E-state index in [1.54, 1.807) is 0 Å². The molecule has 0 saturated carbocycles. The van der Waals surface area contributed by atoms with Crippen LogP contribution in [0, 0.1) is 0 Å². The van der Waals surface area contributed by atoms with Gasteiger partial charge in [-0.2, -0.15) is 0 Å². The first-order valence-electron chi connectivity index (χ1n) is 7.44. The Morgan fingerprint density at radius 3 is 2.77 bits per heavy atom. The lowest BCUT2D eigenvalue weighted by Crippen LogP contribution is -2.12. The van der Waals surface area contributed by atoms with Crippen molar-refractivity contribution in [2.45, 2.75) is 13.3 Å². The maximum atomic E-state index is 12.0. The number of carbonyl (C=O) groups excluding carboxylic acids is 1. The predicted molar refractivity (Wildman–Crippen MR) is 86.0 cm³/mol. The van der Waals surface area contributed by atoms with E-state index in [2.05, 4.69) is 6.08 Å². The van der Waals surface area contributed by atoms with Crippen molar-refractivity contribution in [2.75, 3.05) is 13.2 Å². The topological polar surface area (TPSA) is 35.5 Å². The van der Waals surface area contributed by atoms with Crippen LogP contribution in [0.5, 0.6) is 5.75 Å². The van der Waals surface area contributed by atoms with Crippen molar-refractivity contribution in [2.24, 2.45) is 0 Å². The van der Waals surface area contributed by atoms with Gasteiger partial charge in [0.25, 0.3) is 0 Å². The summed E-state index contributed by atoms with van der Waals surface area (Å²) in [5.41, 5.74) is 3.83. The molecular weight excluding hydrogens is 276 g/mol. The molecule has 0 bridgehead atoms. The van der Waals surface area contributed by atoms with Crippen LogP contribution >= 0.6 is 0 Å². The van der Waals surface area contributed by atoms with Gasteiger partial charge >= 0.3 is 5.97 Å². The largest absolute Gasteiger partial charge is 0.489 e. The summed E-state index contributed by atoms with van der Waals surface area (Å²) < 4.78 is 10.9. The lowest BCUT2D eigenvalue weighted by Gasteiger charge is -2.18. The van der Waals surface area contributed by atoms with E-state index in [4.69, 9.17) is 9.47 Å². The molecule has 0 saturated heterocycles. The average molecular weight is 294 g/mol. The van der Waals surface area contributed by atoms with Crippen LogP contribution in [-0.4, -0.2) is 19.2 Å². The van der Waals surface area contributed by atoms with Crippen molar-refractivity contribution in [3.05, 3.63) is 70.8 Å². The highest BCUT2D eigenvalue weighted by atomic mass is 16.5. The normalized spacial score (nSPS) is 12.9. The summed E-state index contributed by atoms with van der Waals surface area (Å²) in [6, 6.07) is 15.5. The van der Waals surface area contributed by atoms with E-state index in [1.165, 1.54) is 0 Å². The Balaban J connectivity index is 1.86. The van der Waals surface area contributed by atoms with Crippen LogP contribution in [0.2, 0.25) is 0 Å². The Hall–Kier alpha value is -2.55. The van der Waals surface area contributed by atoms with Crippen LogP contribution in [0.4, 0.5) is 0 Å². The zero-order chi connectivity index (χ0) is 15.4. The van der Waals surface area contributed by atoms with Crippen molar-refractivity contribution in [3.8, 4) is 5.75 Å². The van der Waals surface area contributed by atoms with Crippen LogP contribution in [0.15, 0.2) is 54.1 Å². The molecule has 0 aliphatic carbocycles. The van der Waals surface area contributed by atoms with E-state index in [-0.39, 0.29) is 5.97 Å². The first-order valence-corrected chi connectivity index (χ1v) is 7.44. The Kier molecular flexibility index (Phi) is 4.24. The van der Waals surface area contributed by atoms with Gasteiger partial charge in [0, 0.05) is 5.56 Å². The van der Waals surface area contributed by atoms with Gasteiger partial charge in [-0.25, -0.2) is 4.79 Å². The average Bonchev–Trinajstić information content (AvgIpc) is 2.55. The van der Waals surface area contributed by atoms with E-state index in [1.807, 2.05) is 55.5 Å². The van der Waals surface area contributed by atoms with Gasteiger partial charge in [0.1, 0.15) is 12.4 Å². The van der Waals surface area contributed by atoms with Gasteiger partial charge in [-0.1, -0.05) is 36.4 Å². The maximum absolute atomic E-state index is 12.0. The van der Waals surface area contributed by atoms with Gasteiger partial charge < -0.3 is 9.47 Å². The van der Waals surface area contributed by atoms with Gasteiger partial charge in [-0.05, 0) is 42.7 Å². The van der Waals surface area contributed by atoms with Crippen molar-refractivity contribution in [3.63, 3.8) is 0 Å². The summed E-state index contributed by atoms with van der Waals surface area (Å²) in [6.07, 6.45) is 2.82.